The van der Waals surface area contributed by atoms with Crippen LogP contribution < -0.4 is 0 Å². The molecule has 1 atom stereocenters. The Morgan fingerprint density at radius 1 is 1.27 bits per heavy atom. The zero-order valence-electron chi connectivity index (χ0n) is 14.2. The number of amides is 1. The van der Waals surface area contributed by atoms with Crippen molar-refractivity contribution in [2.45, 2.75) is 70.5 Å². The van der Waals surface area contributed by atoms with E-state index in [2.05, 4.69) is 13.8 Å². The molecule has 2 aliphatic heterocycles. The predicted molar refractivity (Wildman–Crippen MR) is 85.7 cm³/mol. The second-order valence-electron chi connectivity index (χ2n) is 7.98. The molecular weight excluding hydrogens is 278 g/mol. The predicted octanol–water partition coefficient (Wildman–Crippen LogP) is 3.00. The molecule has 1 saturated carbocycles. The van der Waals surface area contributed by atoms with Crippen molar-refractivity contribution in [2.24, 2.45) is 11.8 Å². The van der Waals surface area contributed by atoms with Crippen LogP contribution in [0.2, 0.25) is 0 Å². The summed E-state index contributed by atoms with van der Waals surface area (Å²) in [5.74, 6) is 1.49. The molecule has 0 radical (unpaired) electrons. The summed E-state index contributed by atoms with van der Waals surface area (Å²) in [6.07, 6.45) is 8.38. The molecule has 22 heavy (non-hydrogen) atoms. The smallest absolute Gasteiger partial charge is 0.223 e. The Bertz CT molecular complexity index is 384. The average Bonchev–Trinajstić information content (AvgIpc) is 2.95. The van der Waals surface area contributed by atoms with E-state index in [1.165, 1.54) is 25.7 Å². The Morgan fingerprint density at radius 3 is 2.68 bits per heavy atom. The van der Waals surface area contributed by atoms with Gasteiger partial charge >= 0.3 is 0 Å². The van der Waals surface area contributed by atoms with Crippen LogP contribution in [0.15, 0.2) is 0 Å². The summed E-state index contributed by atoms with van der Waals surface area (Å²) >= 11 is 0. The molecule has 0 aromatic rings. The molecule has 3 rings (SSSR count). The maximum absolute atomic E-state index is 12.1. The van der Waals surface area contributed by atoms with Gasteiger partial charge in [-0.3, -0.25) is 4.79 Å². The van der Waals surface area contributed by atoms with Crippen LogP contribution in [0.3, 0.4) is 0 Å². The summed E-state index contributed by atoms with van der Waals surface area (Å²) in [4.78, 5) is 14.0. The molecule has 126 valence electrons. The van der Waals surface area contributed by atoms with E-state index in [1.54, 1.807) is 0 Å². The number of carbonyl (C=O) groups excluding carboxylic acids is 1. The van der Waals surface area contributed by atoms with Gasteiger partial charge in [-0.2, -0.15) is 0 Å². The standard InChI is InChI=1S/C18H31NO3/c1-14(2)9-17(20)19-12-18(13-19)10-16(7-8-22-18)21-11-15-5-3-4-6-15/h14-16H,3-13H2,1-2H3/t16-/m1/s1. The largest absolute Gasteiger partial charge is 0.378 e. The fourth-order valence-corrected chi connectivity index (χ4v) is 4.10. The van der Waals surface area contributed by atoms with E-state index >= 15 is 0 Å². The molecule has 0 N–H and O–H groups in total. The number of likely N-dealkylation sites (tertiary alicyclic amines) is 1. The highest BCUT2D eigenvalue weighted by Gasteiger charge is 2.49. The van der Waals surface area contributed by atoms with E-state index in [4.69, 9.17) is 9.47 Å². The van der Waals surface area contributed by atoms with Crippen molar-refractivity contribution in [3.05, 3.63) is 0 Å². The first-order valence-corrected chi connectivity index (χ1v) is 9.10. The SMILES string of the molecule is CC(C)CC(=O)N1CC2(C[C@H](OCC3CCCC3)CCO2)C1. The number of carbonyl (C=O) groups is 1. The van der Waals surface area contributed by atoms with Gasteiger partial charge in [0.25, 0.3) is 0 Å². The lowest BCUT2D eigenvalue weighted by Crippen LogP contribution is -2.67. The molecule has 1 spiro atoms. The minimum atomic E-state index is -0.106. The van der Waals surface area contributed by atoms with Crippen molar-refractivity contribution in [3.8, 4) is 0 Å². The molecule has 1 aliphatic carbocycles. The van der Waals surface area contributed by atoms with Crippen molar-refractivity contribution in [1.82, 2.24) is 4.90 Å². The molecule has 0 aromatic heterocycles. The topological polar surface area (TPSA) is 38.8 Å². The Kier molecular flexibility index (Phi) is 5.08. The Labute approximate surface area is 134 Å². The Morgan fingerprint density at radius 2 is 2.00 bits per heavy atom. The summed E-state index contributed by atoms with van der Waals surface area (Å²) in [7, 11) is 0. The van der Waals surface area contributed by atoms with Crippen LogP contribution in [0.25, 0.3) is 0 Å². The molecule has 4 nitrogen and oxygen atoms in total. The van der Waals surface area contributed by atoms with Crippen LogP contribution in [0, 0.1) is 11.8 Å². The molecule has 0 bridgehead atoms. The molecule has 0 aromatic carbocycles. The normalized spacial score (nSPS) is 28.3. The quantitative estimate of drug-likeness (QED) is 0.783. The minimum absolute atomic E-state index is 0.106. The van der Waals surface area contributed by atoms with Gasteiger partial charge in [-0.1, -0.05) is 26.7 Å². The van der Waals surface area contributed by atoms with Crippen molar-refractivity contribution in [3.63, 3.8) is 0 Å². The monoisotopic (exact) mass is 309 g/mol. The van der Waals surface area contributed by atoms with E-state index in [1.807, 2.05) is 4.90 Å². The highest BCUT2D eigenvalue weighted by atomic mass is 16.5. The molecule has 1 amide bonds. The third kappa shape index (κ3) is 3.83. The van der Waals surface area contributed by atoms with Crippen LogP contribution >= 0.6 is 0 Å². The van der Waals surface area contributed by atoms with E-state index in [9.17, 15) is 4.79 Å². The van der Waals surface area contributed by atoms with Gasteiger partial charge in [0.05, 0.1) is 19.2 Å². The third-order valence-electron chi connectivity index (χ3n) is 5.38. The molecular formula is C18H31NO3. The first-order valence-electron chi connectivity index (χ1n) is 9.10. The molecule has 4 heteroatoms. The number of rotatable bonds is 5. The zero-order chi connectivity index (χ0) is 15.6. The van der Waals surface area contributed by atoms with Crippen LogP contribution in [0.1, 0.15) is 58.8 Å². The van der Waals surface area contributed by atoms with Crippen molar-refractivity contribution < 1.29 is 14.3 Å². The summed E-state index contributed by atoms with van der Waals surface area (Å²) in [5.41, 5.74) is -0.106. The number of ether oxygens (including phenoxy) is 2. The van der Waals surface area contributed by atoms with E-state index in [0.717, 1.165) is 45.1 Å². The van der Waals surface area contributed by atoms with Gasteiger partial charge in [-0.25, -0.2) is 0 Å². The van der Waals surface area contributed by atoms with Gasteiger partial charge in [0.15, 0.2) is 0 Å². The maximum atomic E-state index is 12.1. The highest BCUT2D eigenvalue weighted by molar-refractivity contribution is 5.77. The van der Waals surface area contributed by atoms with E-state index in [-0.39, 0.29) is 11.5 Å². The van der Waals surface area contributed by atoms with Gasteiger partial charge in [0.2, 0.25) is 5.91 Å². The fourth-order valence-electron chi connectivity index (χ4n) is 4.10. The number of hydrogen-bond donors (Lipinski definition) is 0. The van der Waals surface area contributed by atoms with E-state index in [0.29, 0.717) is 18.4 Å². The minimum Gasteiger partial charge on any atom is -0.378 e. The van der Waals surface area contributed by atoms with Crippen LogP contribution in [0.5, 0.6) is 0 Å². The summed E-state index contributed by atoms with van der Waals surface area (Å²) in [6, 6.07) is 0. The molecule has 2 saturated heterocycles. The number of nitrogens with zero attached hydrogens (tertiary/aromatic N) is 1. The van der Waals surface area contributed by atoms with Gasteiger partial charge < -0.3 is 14.4 Å². The third-order valence-corrected chi connectivity index (χ3v) is 5.38. The second-order valence-corrected chi connectivity index (χ2v) is 7.98. The van der Waals surface area contributed by atoms with Gasteiger partial charge in [-0.05, 0) is 31.1 Å². The maximum Gasteiger partial charge on any atom is 0.223 e. The first kappa shape index (κ1) is 16.3. The van der Waals surface area contributed by atoms with Crippen LogP contribution in [-0.2, 0) is 14.3 Å². The average molecular weight is 309 g/mol. The molecule has 3 fully saturated rings. The fraction of sp³-hybridized carbons (Fsp3) is 0.944. The van der Waals surface area contributed by atoms with Crippen LogP contribution in [0.4, 0.5) is 0 Å². The summed E-state index contributed by atoms with van der Waals surface area (Å²) in [6.45, 7) is 7.43. The molecule has 0 unspecified atom stereocenters. The molecule has 3 aliphatic rings. The lowest BCUT2D eigenvalue weighted by Gasteiger charge is -2.53. The van der Waals surface area contributed by atoms with Crippen LogP contribution in [-0.4, -0.2) is 48.8 Å². The number of hydrogen-bond acceptors (Lipinski definition) is 3. The lowest BCUT2D eigenvalue weighted by atomic mass is 9.84. The van der Waals surface area contributed by atoms with Crippen molar-refractivity contribution in [2.75, 3.05) is 26.3 Å². The highest BCUT2D eigenvalue weighted by Crippen LogP contribution is 2.36. The first-order chi connectivity index (χ1) is 10.6. The summed E-state index contributed by atoms with van der Waals surface area (Å²) < 4.78 is 12.2. The Hall–Kier alpha value is -0.610. The second kappa shape index (κ2) is 6.88. The Balaban J connectivity index is 1.42. The van der Waals surface area contributed by atoms with Gasteiger partial charge in [-0.15, -0.1) is 0 Å². The van der Waals surface area contributed by atoms with Crippen molar-refractivity contribution >= 4 is 5.91 Å². The lowest BCUT2D eigenvalue weighted by molar-refractivity contribution is -0.202. The summed E-state index contributed by atoms with van der Waals surface area (Å²) in [5, 5.41) is 0. The molecule has 2 heterocycles. The van der Waals surface area contributed by atoms with E-state index < -0.39 is 0 Å². The zero-order valence-corrected chi connectivity index (χ0v) is 14.2. The van der Waals surface area contributed by atoms with Gasteiger partial charge in [0, 0.05) is 26.1 Å². The van der Waals surface area contributed by atoms with Crippen molar-refractivity contribution in [1.29, 1.82) is 0 Å². The van der Waals surface area contributed by atoms with Gasteiger partial charge in [0.1, 0.15) is 5.60 Å².